The summed E-state index contributed by atoms with van der Waals surface area (Å²) < 4.78 is 11.5. The van der Waals surface area contributed by atoms with Gasteiger partial charge in [-0.25, -0.2) is 0 Å². The molecule has 14 heavy (non-hydrogen) atoms. The van der Waals surface area contributed by atoms with E-state index in [4.69, 9.17) is 9.47 Å². The van der Waals surface area contributed by atoms with Crippen LogP contribution in [0.5, 0.6) is 0 Å². The highest BCUT2D eigenvalue weighted by Gasteiger charge is 2.29. The van der Waals surface area contributed by atoms with Crippen molar-refractivity contribution in [1.29, 1.82) is 0 Å². The second-order valence-electron chi connectivity index (χ2n) is 4.42. The molecular weight excluding hydrogens is 178 g/mol. The molecule has 3 nitrogen and oxygen atoms in total. The van der Waals surface area contributed by atoms with Gasteiger partial charge < -0.3 is 14.8 Å². The lowest BCUT2D eigenvalue weighted by molar-refractivity contribution is -0.218. The predicted molar refractivity (Wildman–Crippen MR) is 55.1 cm³/mol. The molecular formula is C11H21NO2. The van der Waals surface area contributed by atoms with Crippen molar-refractivity contribution in [3.63, 3.8) is 0 Å². The minimum atomic E-state index is 0.0832. The molecule has 0 bridgehead atoms. The minimum absolute atomic E-state index is 0.0832. The molecule has 0 radical (unpaired) electrons. The van der Waals surface area contributed by atoms with Crippen molar-refractivity contribution < 1.29 is 9.47 Å². The first-order chi connectivity index (χ1) is 6.90. The number of likely N-dealkylation sites (N-methyl/N-ethyl adjacent to an activating group) is 1. The van der Waals surface area contributed by atoms with Crippen LogP contribution >= 0.6 is 0 Å². The molecule has 1 aliphatic heterocycles. The Bertz CT molecular complexity index is 161. The molecule has 0 aromatic rings. The van der Waals surface area contributed by atoms with Crippen molar-refractivity contribution in [1.82, 2.24) is 5.32 Å². The van der Waals surface area contributed by atoms with Crippen LogP contribution in [0.15, 0.2) is 0 Å². The third-order valence-electron chi connectivity index (χ3n) is 3.37. The quantitative estimate of drug-likeness (QED) is 0.731. The van der Waals surface area contributed by atoms with E-state index in [1.807, 2.05) is 7.05 Å². The fraction of sp³-hybridized carbons (Fsp3) is 1.00. The van der Waals surface area contributed by atoms with E-state index in [2.05, 4.69) is 5.32 Å². The first-order valence-corrected chi connectivity index (χ1v) is 5.80. The highest BCUT2D eigenvalue weighted by atomic mass is 16.7. The molecule has 82 valence electrons. The van der Waals surface area contributed by atoms with Crippen LogP contribution in [0.1, 0.15) is 32.1 Å². The van der Waals surface area contributed by atoms with Gasteiger partial charge in [-0.3, -0.25) is 0 Å². The van der Waals surface area contributed by atoms with Gasteiger partial charge in [-0.1, -0.05) is 19.3 Å². The SMILES string of the molecule is CNC1COC(C2CCCCC2)OC1. The summed E-state index contributed by atoms with van der Waals surface area (Å²) in [5.41, 5.74) is 0. The summed E-state index contributed by atoms with van der Waals surface area (Å²) in [5.74, 6) is 0.654. The van der Waals surface area contributed by atoms with Gasteiger partial charge in [0.15, 0.2) is 6.29 Å². The van der Waals surface area contributed by atoms with E-state index in [1.54, 1.807) is 0 Å². The van der Waals surface area contributed by atoms with Crippen LogP contribution in [-0.2, 0) is 9.47 Å². The third kappa shape index (κ3) is 2.47. The molecule has 1 heterocycles. The zero-order chi connectivity index (χ0) is 9.80. The molecule has 1 N–H and O–H groups in total. The van der Waals surface area contributed by atoms with Crippen molar-refractivity contribution in [2.75, 3.05) is 20.3 Å². The summed E-state index contributed by atoms with van der Waals surface area (Å²) >= 11 is 0. The zero-order valence-corrected chi connectivity index (χ0v) is 9.00. The predicted octanol–water partition coefficient (Wildman–Crippen LogP) is 1.53. The van der Waals surface area contributed by atoms with Gasteiger partial charge in [0, 0.05) is 5.92 Å². The fourth-order valence-corrected chi connectivity index (χ4v) is 2.36. The average Bonchev–Trinajstić information content (AvgIpc) is 2.30. The summed E-state index contributed by atoms with van der Waals surface area (Å²) in [6.07, 6.45) is 6.75. The molecule has 2 rings (SSSR count). The molecule has 0 unspecified atom stereocenters. The van der Waals surface area contributed by atoms with Gasteiger partial charge in [0.1, 0.15) is 0 Å². The first kappa shape index (κ1) is 10.4. The van der Waals surface area contributed by atoms with Crippen molar-refractivity contribution in [3.8, 4) is 0 Å². The largest absolute Gasteiger partial charge is 0.351 e. The molecule has 1 aliphatic carbocycles. The molecule has 0 aromatic carbocycles. The molecule has 2 aliphatic rings. The standard InChI is InChI=1S/C11H21NO2/c1-12-10-7-13-11(14-8-10)9-5-3-2-4-6-9/h9-12H,2-8H2,1H3. The Kier molecular flexibility index (Phi) is 3.79. The second-order valence-corrected chi connectivity index (χ2v) is 4.42. The summed E-state index contributed by atoms with van der Waals surface area (Å²) in [4.78, 5) is 0. The van der Waals surface area contributed by atoms with Crippen LogP contribution in [-0.4, -0.2) is 32.6 Å². The maximum Gasteiger partial charge on any atom is 0.160 e. The third-order valence-corrected chi connectivity index (χ3v) is 3.37. The second kappa shape index (κ2) is 5.10. The van der Waals surface area contributed by atoms with E-state index < -0.39 is 0 Å². The van der Waals surface area contributed by atoms with Gasteiger partial charge in [0.05, 0.1) is 19.3 Å². The molecule has 3 heteroatoms. The minimum Gasteiger partial charge on any atom is -0.351 e. The Labute approximate surface area is 86.2 Å². The smallest absolute Gasteiger partial charge is 0.160 e. The van der Waals surface area contributed by atoms with Crippen LogP contribution in [0.4, 0.5) is 0 Å². The van der Waals surface area contributed by atoms with Gasteiger partial charge >= 0.3 is 0 Å². The Hall–Kier alpha value is -0.120. The summed E-state index contributed by atoms with van der Waals surface area (Å²) in [6.45, 7) is 1.61. The lowest BCUT2D eigenvalue weighted by atomic mass is 9.88. The molecule has 0 atom stereocenters. The van der Waals surface area contributed by atoms with Crippen molar-refractivity contribution in [2.24, 2.45) is 5.92 Å². The van der Waals surface area contributed by atoms with Crippen molar-refractivity contribution >= 4 is 0 Å². The molecule has 0 spiro atoms. The fourth-order valence-electron chi connectivity index (χ4n) is 2.36. The summed E-state index contributed by atoms with van der Waals surface area (Å²) in [7, 11) is 1.96. The maximum absolute atomic E-state index is 5.74. The lowest BCUT2D eigenvalue weighted by Crippen LogP contribution is -2.45. The van der Waals surface area contributed by atoms with Crippen LogP contribution < -0.4 is 5.32 Å². The van der Waals surface area contributed by atoms with Gasteiger partial charge in [-0.15, -0.1) is 0 Å². The molecule has 0 aromatic heterocycles. The van der Waals surface area contributed by atoms with E-state index in [9.17, 15) is 0 Å². The monoisotopic (exact) mass is 199 g/mol. The van der Waals surface area contributed by atoms with E-state index in [-0.39, 0.29) is 6.29 Å². The molecule has 1 saturated heterocycles. The van der Waals surface area contributed by atoms with Crippen LogP contribution in [0, 0.1) is 5.92 Å². The van der Waals surface area contributed by atoms with E-state index in [1.165, 1.54) is 32.1 Å². The van der Waals surface area contributed by atoms with Gasteiger partial charge in [0.2, 0.25) is 0 Å². The first-order valence-electron chi connectivity index (χ1n) is 5.80. The van der Waals surface area contributed by atoms with Gasteiger partial charge in [-0.05, 0) is 19.9 Å². The van der Waals surface area contributed by atoms with E-state index in [0.29, 0.717) is 12.0 Å². The van der Waals surface area contributed by atoms with Crippen LogP contribution in [0.25, 0.3) is 0 Å². The zero-order valence-electron chi connectivity index (χ0n) is 9.00. The lowest BCUT2D eigenvalue weighted by Gasteiger charge is -2.35. The topological polar surface area (TPSA) is 30.5 Å². The van der Waals surface area contributed by atoms with Gasteiger partial charge in [-0.2, -0.15) is 0 Å². The maximum atomic E-state index is 5.74. The Morgan fingerprint density at radius 3 is 2.21 bits per heavy atom. The van der Waals surface area contributed by atoms with Crippen LogP contribution in [0.3, 0.4) is 0 Å². The van der Waals surface area contributed by atoms with E-state index >= 15 is 0 Å². The van der Waals surface area contributed by atoms with Crippen molar-refractivity contribution in [3.05, 3.63) is 0 Å². The molecule has 2 fully saturated rings. The highest BCUT2D eigenvalue weighted by molar-refractivity contribution is 4.74. The average molecular weight is 199 g/mol. The Morgan fingerprint density at radius 1 is 1.00 bits per heavy atom. The number of rotatable bonds is 2. The van der Waals surface area contributed by atoms with E-state index in [0.717, 1.165) is 13.2 Å². The normalized spacial score (nSPS) is 35.8. The highest BCUT2D eigenvalue weighted by Crippen LogP contribution is 2.29. The number of hydrogen-bond acceptors (Lipinski definition) is 3. The Balaban J connectivity index is 1.76. The van der Waals surface area contributed by atoms with Crippen LogP contribution in [0.2, 0.25) is 0 Å². The Morgan fingerprint density at radius 2 is 1.64 bits per heavy atom. The molecule has 1 saturated carbocycles. The van der Waals surface area contributed by atoms with Crippen molar-refractivity contribution in [2.45, 2.75) is 44.4 Å². The summed E-state index contributed by atoms with van der Waals surface area (Å²) in [6, 6.07) is 0.384. The summed E-state index contributed by atoms with van der Waals surface area (Å²) in [5, 5.41) is 3.18. The number of nitrogens with one attached hydrogen (secondary N) is 1. The molecule has 0 amide bonds. The number of hydrogen-bond donors (Lipinski definition) is 1. The number of ether oxygens (including phenoxy) is 2. The van der Waals surface area contributed by atoms with Gasteiger partial charge in [0.25, 0.3) is 0 Å².